The van der Waals surface area contributed by atoms with Crippen LogP contribution in [0, 0.1) is 0 Å². The number of ether oxygens (including phenoxy) is 2. The van der Waals surface area contributed by atoms with Crippen LogP contribution in [0.2, 0.25) is 0 Å². The average molecular weight is 392 g/mol. The zero-order chi connectivity index (χ0) is 19.8. The number of amides is 2. The van der Waals surface area contributed by atoms with Gasteiger partial charge in [-0.1, -0.05) is 30.3 Å². The molecule has 29 heavy (non-hydrogen) atoms. The maximum absolute atomic E-state index is 13.6. The number of carbonyl (C=O) groups excluding carboxylic acids is 2. The number of fused-ring (bicyclic) bond motifs is 1. The minimum absolute atomic E-state index is 0.0826. The molecule has 3 aliphatic heterocycles. The molecular weight excluding hydrogens is 368 g/mol. The highest BCUT2D eigenvalue weighted by molar-refractivity contribution is 6.00. The van der Waals surface area contributed by atoms with Crippen molar-refractivity contribution in [3.8, 4) is 11.5 Å². The van der Waals surface area contributed by atoms with Gasteiger partial charge in [-0.3, -0.25) is 9.59 Å². The predicted octanol–water partition coefficient (Wildman–Crippen LogP) is 3.21. The van der Waals surface area contributed by atoms with Gasteiger partial charge in [-0.05, 0) is 49.4 Å². The van der Waals surface area contributed by atoms with Crippen molar-refractivity contribution in [3.63, 3.8) is 0 Å². The number of likely N-dealkylation sites (tertiary alicyclic amines) is 2. The standard InChI is InChI=1S/C23H24N2O4/c26-21(18-8-9-19-20(14-18)29-16-28-19)25-13-5-11-23(25)10-4-12-24(22(23)27)15-17-6-2-1-3-7-17/h1-3,6-9,14H,4-5,10-13,15-16H2. The number of nitrogens with zero attached hydrogens (tertiary/aromatic N) is 2. The summed E-state index contributed by atoms with van der Waals surface area (Å²) in [6, 6.07) is 15.3. The van der Waals surface area contributed by atoms with Crippen molar-refractivity contribution in [2.45, 2.75) is 37.8 Å². The molecule has 0 bridgehead atoms. The van der Waals surface area contributed by atoms with Crippen molar-refractivity contribution in [1.29, 1.82) is 0 Å². The molecule has 6 heteroatoms. The summed E-state index contributed by atoms with van der Waals surface area (Å²) in [5.41, 5.74) is 0.938. The number of rotatable bonds is 3. The maximum Gasteiger partial charge on any atom is 0.254 e. The van der Waals surface area contributed by atoms with Crippen LogP contribution in [0.3, 0.4) is 0 Å². The second-order valence-corrected chi connectivity index (χ2v) is 7.98. The molecule has 3 heterocycles. The van der Waals surface area contributed by atoms with Gasteiger partial charge < -0.3 is 19.3 Å². The molecular formula is C23H24N2O4. The summed E-state index contributed by atoms with van der Waals surface area (Å²) >= 11 is 0. The van der Waals surface area contributed by atoms with E-state index in [1.165, 1.54) is 0 Å². The molecule has 0 aliphatic carbocycles. The van der Waals surface area contributed by atoms with Gasteiger partial charge in [-0.15, -0.1) is 0 Å². The SMILES string of the molecule is O=C(c1ccc2c(c1)OCO2)N1CCCC12CCCN(Cc1ccccc1)C2=O. The Hall–Kier alpha value is -3.02. The lowest BCUT2D eigenvalue weighted by Crippen LogP contribution is -2.61. The summed E-state index contributed by atoms with van der Waals surface area (Å²) < 4.78 is 10.8. The smallest absolute Gasteiger partial charge is 0.254 e. The molecule has 6 nitrogen and oxygen atoms in total. The Morgan fingerprint density at radius 1 is 0.966 bits per heavy atom. The molecule has 0 aromatic heterocycles. The van der Waals surface area contributed by atoms with E-state index in [1.807, 2.05) is 40.1 Å². The zero-order valence-corrected chi connectivity index (χ0v) is 16.3. The predicted molar refractivity (Wildman–Crippen MR) is 107 cm³/mol. The van der Waals surface area contributed by atoms with E-state index in [0.717, 1.165) is 37.8 Å². The summed E-state index contributed by atoms with van der Waals surface area (Å²) in [6.07, 6.45) is 3.21. The van der Waals surface area contributed by atoms with Crippen LogP contribution in [-0.4, -0.2) is 47.0 Å². The Morgan fingerprint density at radius 2 is 1.72 bits per heavy atom. The third-order valence-electron chi connectivity index (χ3n) is 6.27. The van der Waals surface area contributed by atoms with Crippen LogP contribution < -0.4 is 9.47 Å². The lowest BCUT2D eigenvalue weighted by atomic mass is 9.84. The van der Waals surface area contributed by atoms with Crippen LogP contribution in [-0.2, 0) is 11.3 Å². The third kappa shape index (κ3) is 3.03. The van der Waals surface area contributed by atoms with E-state index in [9.17, 15) is 9.59 Å². The first-order valence-corrected chi connectivity index (χ1v) is 10.2. The highest BCUT2D eigenvalue weighted by atomic mass is 16.7. The van der Waals surface area contributed by atoms with Crippen LogP contribution in [0.4, 0.5) is 0 Å². The summed E-state index contributed by atoms with van der Waals surface area (Å²) in [6.45, 7) is 2.11. The van der Waals surface area contributed by atoms with E-state index in [0.29, 0.717) is 30.2 Å². The van der Waals surface area contributed by atoms with E-state index in [4.69, 9.17) is 9.47 Å². The molecule has 3 aliphatic rings. The average Bonchev–Trinajstić information content (AvgIpc) is 3.39. The number of benzene rings is 2. The molecule has 5 rings (SSSR count). The van der Waals surface area contributed by atoms with Gasteiger partial charge in [0, 0.05) is 25.2 Å². The van der Waals surface area contributed by atoms with Crippen LogP contribution in [0.5, 0.6) is 11.5 Å². The minimum atomic E-state index is -0.722. The van der Waals surface area contributed by atoms with Gasteiger partial charge in [0.05, 0.1) is 0 Å². The monoisotopic (exact) mass is 392 g/mol. The zero-order valence-electron chi connectivity index (χ0n) is 16.3. The third-order valence-corrected chi connectivity index (χ3v) is 6.27. The van der Waals surface area contributed by atoms with E-state index in [2.05, 4.69) is 0 Å². The molecule has 2 amide bonds. The number of carbonyl (C=O) groups is 2. The molecule has 1 spiro atoms. The normalized spacial score (nSPS) is 23.1. The summed E-state index contributed by atoms with van der Waals surface area (Å²) in [5, 5.41) is 0. The molecule has 2 aromatic carbocycles. The van der Waals surface area contributed by atoms with Gasteiger partial charge in [0.1, 0.15) is 5.54 Å². The quantitative estimate of drug-likeness (QED) is 0.805. The molecule has 0 N–H and O–H groups in total. The number of hydrogen-bond donors (Lipinski definition) is 0. The molecule has 0 radical (unpaired) electrons. The largest absolute Gasteiger partial charge is 0.454 e. The summed E-state index contributed by atoms with van der Waals surface area (Å²) in [4.78, 5) is 30.7. The van der Waals surface area contributed by atoms with E-state index in [-0.39, 0.29) is 18.6 Å². The van der Waals surface area contributed by atoms with Gasteiger partial charge in [-0.2, -0.15) is 0 Å². The van der Waals surface area contributed by atoms with Crippen molar-refractivity contribution in [2.24, 2.45) is 0 Å². The minimum Gasteiger partial charge on any atom is -0.454 e. The van der Waals surface area contributed by atoms with Crippen molar-refractivity contribution >= 4 is 11.8 Å². The molecule has 150 valence electrons. The Balaban J connectivity index is 1.41. The van der Waals surface area contributed by atoms with E-state index < -0.39 is 5.54 Å². The molecule has 2 aromatic rings. The lowest BCUT2D eigenvalue weighted by molar-refractivity contribution is -0.146. The van der Waals surface area contributed by atoms with Crippen molar-refractivity contribution in [2.75, 3.05) is 19.9 Å². The molecule has 2 saturated heterocycles. The van der Waals surface area contributed by atoms with Crippen molar-refractivity contribution in [3.05, 3.63) is 59.7 Å². The fourth-order valence-corrected chi connectivity index (χ4v) is 4.86. The van der Waals surface area contributed by atoms with E-state index >= 15 is 0 Å². The molecule has 1 atom stereocenters. The van der Waals surface area contributed by atoms with Gasteiger partial charge in [0.25, 0.3) is 5.91 Å². The first kappa shape index (κ1) is 18.0. The van der Waals surface area contributed by atoms with Crippen molar-refractivity contribution < 1.29 is 19.1 Å². The summed E-state index contributed by atoms with van der Waals surface area (Å²) in [7, 11) is 0. The Kier molecular flexibility index (Phi) is 4.42. The first-order chi connectivity index (χ1) is 14.2. The fraction of sp³-hybridized carbons (Fsp3) is 0.391. The van der Waals surface area contributed by atoms with Gasteiger partial charge in [0.15, 0.2) is 11.5 Å². The highest BCUT2D eigenvalue weighted by Crippen LogP contribution is 2.40. The maximum atomic E-state index is 13.6. The number of hydrogen-bond acceptors (Lipinski definition) is 4. The second kappa shape index (κ2) is 7.10. The van der Waals surface area contributed by atoms with Gasteiger partial charge in [0.2, 0.25) is 12.7 Å². The molecule has 2 fully saturated rings. The Bertz CT molecular complexity index is 945. The van der Waals surface area contributed by atoms with Crippen LogP contribution in [0.1, 0.15) is 41.6 Å². The first-order valence-electron chi connectivity index (χ1n) is 10.2. The molecule has 1 unspecified atom stereocenters. The van der Waals surface area contributed by atoms with Crippen LogP contribution in [0.15, 0.2) is 48.5 Å². The van der Waals surface area contributed by atoms with Crippen LogP contribution in [0.25, 0.3) is 0 Å². The fourth-order valence-electron chi connectivity index (χ4n) is 4.86. The van der Waals surface area contributed by atoms with Crippen molar-refractivity contribution in [1.82, 2.24) is 9.80 Å². The summed E-state index contributed by atoms with van der Waals surface area (Å²) in [5.74, 6) is 1.22. The second-order valence-electron chi connectivity index (χ2n) is 7.98. The topological polar surface area (TPSA) is 59.1 Å². The Labute approximate surface area is 170 Å². The Morgan fingerprint density at radius 3 is 2.55 bits per heavy atom. The molecule has 0 saturated carbocycles. The van der Waals surface area contributed by atoms with Gasteiger partial charge >= 0.3 is 0 Å². The lowest BCUT2D eigenvalue weighted by Gasteiger charge is -2.44. The van der Waals surface area contributed by atoms with Crippen LogP contribution >= 0.6 is 0 Å². The highest BCUT2D eigenvalue weighted by Gasteiger charge is 2.52. The number of piperidine rings is 1. The van der Waals surface area contributed by atoms with E-state index in [1.54, 1.807) is 18.2 Å². The van der Waals surface area contributed by atoms with Gasteiger partial charge in [-0.25, -0.2) is 0 Å².